The number of benzene rings is 2. The topological polar surface area (TPSA) is 42.3 Å². The van der Waals surface area contributed by atoms with Crippen LogP contribution in [0.15, 0.2) is 52.9 Å². The summed E-state index contributed by atoms with van der Waals surface area (Å²) in [4.78, 5) is 4.49. The Balaban J connectivity index is 2.19. The number of hydrogen-bond donors (Lipinski definition) is 0. The first-order chi connectivity index (χ1) is 12.2. The van der Waals surface area contributed by atoms with Gasteiger partial charge in [0.1, 0.15) is 22.6 Å². The lowest BCUT2D eigenvalue weighted by atomic mass is 10.0. The van der Waals surface area contributed by atoms with Gasteiger partial charge in [-0.25, -0.2) is 18.0 Å². The molecule has 3 nitrogen and oxygen atoms in total. The predicted molar refractivity (Wildman–Crippen MR) is 103 cm³/mol. The van der Waals surface area contributed by atoms with Gasteiger partial charge in [-0.1, -0.05) is 12.1 Å². The summed E-state index contributed by atoms with van der Waals surface area (Å²) >= 11 is 0. The van der Waals surface area contributed by atoms with Crippen molar-refractivity contribution in [2.24, 2.45) is 4.40 Å². The third kappa shape index (κ3) is 4.02. The van der Waals surface area contributed by atoms with E-state index in [2.05, 4.69) is 9.38 Å². The van der Waals surface area contributed by atoms with Crippen LogP contribution >= 0.6 is 0 Å². The second kappa shape index (κ2) is 7.03. The van der Waals surface area contributed by atoms with E-state index in [0.29, 0.717) is 22.3 Å². The minimum Gasteiger partial charge on any atom is -0.247 e. The molecule has 0 amide bonds. The second-order valence-corrected chi connectivity index (χ2v) is 8.80. The lowest BCUT2D eigenvalue weighted by Gasteiger charge is -2.13. The fraction of sp³-hybridized carbons (Fsp3) is 0.200. The molecule has 26 heavy (non-hydrogen) atoms. The van der Waals surface area contributed by atoms with Crippen LogP contribution < -0.4 is 0 Å². The molecule has 0 spiro atoms. The summed E-state index contributed by atoms with van der Waals surface area (Å²) in [6.45, 7) is 5.49. The van der Waals surface area contributed by atoms with E-state index >= 15 is 0 Å². The minimum absolute atomic E-state index is 0.398. The smallest absolute Gasteiger partial charge is 0.144 e. The maximum atomic E-state index is 13.7. The van der Waals surface area contributed by atoms with Gasteiger partial charge in [0.05, 0.1) is 16.0 Å². The van der Waals surface area contributed by atoms with Crippen LogP contribution in [0.2, 0.25) is 0 Å². The molecule has 0 aliphatic heterocycles. The highest BCUT2D eigenvalue weighted by molar-refractivity contribution is 7.85. The van der Waals surface area contributed by atoms with Gasteiger partial charge < -0.3 is 0 Å². The summed E-state index contributed by atoms with van der Waals surface area (Å²) in [5.74, 6) is -0.796. The van der Waals surface area contributed by atoms with Crippen molar-refractivity contribution in [3.63, 3.8) is 0 Å². The van der Waals surface area contributed by atoms with E-state index in [4.69, 9.17) is 0 Å². The van der Waals surface area contributed by atoms with Crippen LogP contribution in [-0.2, 0) is 11.0 Å². The number of nitrogens with zero attached hydrogens (tertiary/aromatic N) is 2. The Morgan fingerprint density at radius 1 is 1.04 bits per heavy atom. The Hall–Kier alpha value is -2.47. The highest BCUT2D eigenvalue weighted by Crippen LogP contribution is 2.26. The molecule has 2 aromatic carbocycles. The van der Waals surface area contributed by atoms with E-state index < -0.39 is 27.4 Å². The van der Waals surface area contributed by atoms with Gasteiger partial charge in [-0.3, -0.25) is 0 Å². The first-order valence-corrected chi connectivity index (χ1v) is 9.17. The molecule has 0 radical (unpaired) electrons. The molecule has 0 fully saturated rings. The number of rotatable bonds is 3. The summed E-state index contributed by atoms with van der Waals surface area (Å²) in [6.07, 6.45) is 1.48. The molecule has 1 aromatic heterocycles. The van der Waals surface area contributed by atoms with Crippen molar-refractivity contribution >= 4 is 28.1 Å². The zero-order valence-corrected chi connectivity index (χ0v) is 15.5. The molecule has 0 unspecified atom stereocenters. The fourth-order valence-corrected chi connectivity index (χ4v) is 2.91. The van der Waals surface area contributed by atoms with Gasteiger partial charge in [-0.15, -0.1) is 0 Å². The van der Waals surface area contributed by atoms with Crippen LogP contribution in [0.1, 0.15) is 26.3 Å². The predicted octanol–water partition coefficient (Wildman–Crippen LogP) is 5.06. The van der Waals surface area contributed by atoms with Gasteiger partial charge in [0.25, 0.3) is 0 Å². The Morgan fingerprint density at radius 3 is 2.46 bits per heavy atom. The molecule has 134 valence electrons. The highest BCUT2D eigenvalue weighted by atomic mass is 32.2. The van der Waals surface area contributed by atoms with Crippen molar-refractivity contribution in [2.45, 2.75) is 25.5 Å². The fourth-order valence-electron chi connectivity index (χ4n) is 2.38. The molecule has 0 saturated carbocycles. The maximum absolute atomic E-state index is 13.7. The minimum atomic E-state index is -1.44. The van der Waals surface area contributed by atoms with Gasteiger partial charge in [-0.2, -0.15) is 4.40 Å². The summed E-state index contributed by atoms with van der Waals surface area (Å²) in [5, 5.41) is 0.717. The molecular weight excluding hydrogens is 354 g/mol. The Bertz CT molecular complexity index is 1030. The molecule has 1 atom stereocenters. The van der Waals surface area contributed by atoms with Crippen LogP contribution in [0.4, 0.5) is 8.78 Å². The summed E-state index contributed by atoms with van der Waals surface area (Å²) < 4.78 is 43.1. The Labute approximate surface area is 153 Å². The lowest BCUT2D eigenvalue weighted by Crippen LogP contribution is -2.19. The van der Waals surface area contributed by atoms with Gasteiger partial charge in [0, 0.05) is 28.8 Å². The molecule has 0 aliphatic rings. The van der Waals surface area contributed by atoms with Crippen molar-refractivity contribution in [3.05, 3.63) is 65.7 Å². The quantitative estimate of drug-likeness (QED) is 0.603. The lowest BCUT2D eigenvalue weighted by molar-refractivity contribution is 0.628. The van der Waals surface area contributed by atoms with E-state index in [1.54, 1.807) is 24.3 Å². The molecule has 3 rings (SSSR count). The number of fused-ring (bicyclic) bond motifs is 1. The average Bonchev–Trinajstić information content (AvgIpc) is 2.58. The van der Waals surface area contributed by atoms with E-state index in [-0.39, 0.29) is 0 Å². The molecule has 1 heterocycles. The third-order valence-corrected chi connectivity index (χ3v) is 5.06. The number of pyridine rings is 1. The van der Waals surface area contributed by atoms with E-state index in [0.717, 1.165) is 5.39 Å². The molecular formula is C20H18F2N2OS. The van der Waals surface area contributed by atoms with Gasteiger partial charge in [0.15, 0.2) is 0 Å². The highest BCUT2D eigenvalue weighted by Gasteiger charge is 2.18. The zero-order chi connectivity index (χ0) is 18.9. The molecule has 0 bridgehead atoms. The first-order valence-electron chi connectivity index (χ1n) is 8.06. The molecule has 0 aliphatic carbocycles. The van der Waals surface area contributed by atoms with Crippen molar-refractivity contribution in [1.82, 2.24) is 4.98 Å². The molecule has 0 saturated heterocycles. The number of hydrogen-bond acceptors (Lipinski definition) is 2. The van der Waals surface area contributed by atoms with Crippen molar-refractivity contribution in [2.75, 3.05) is 0 Å². The van der Waals surface area contributed by atoms with Crippen LogP contribution in [0.3, 0.4) is 0 Å². The Morgan fingerprint density at radius 2 is 1.77 bits per heavy atom. The van der Waals surface area contributed by atoms with Crippen LogP contribution in [0.5, 0.6) is 0 Å². The number of halogens is 2. The second-order valence-electron chi connectivity index (χ2n) is 6.87. The van der Waals surface area contributed by atoms with Gasteiger partial charge >= 0.3 is 0 Å². The Kier molecular flexibility index (Phi) is 4.96. The van der Waals surface area contributed by atoms with Crippen molar-refractivity contribution < 1.29 is 13.0 Å². The standard InChI is InChI=1S/C20H18F2N2OS/c1-20(2,3)26(25)23-12-15-9-13-7-8-17(22)11-18(13)24-19(15)14-5-4-6-16(21)10-14/h4-12H,1-3H3/t26-/m1/s1. The monoisotopic (exact) mass is 372 g/mol. The molecule has 0 N–H and O–H groups in total. The molecule has 6 heteroatoms. The van der Waals surface area contributed by atoms with Crippen LogP contribution in [0, 0.1) is 11.6 Å². The van der Waals surface area contributed by atoms with Crippen LogP contribution in [0.25, 0.3) is 22.2 Å². The van der Waals surface area contributed by atoms with E-state index in [1.807, 2.05) is 20.8 Å². The average molecular weight is 372 g/mol. The first kappa shape index (κ1) is 18.3. The van der Waals surface area contributed by atoms with Crippen molar-refractivity contribution in [3.8, 4) is 11.3 Å². The zero-order valence-electron chi connectivity index (χ0n) is 14.7. The summed E-state index contributed by atoms with van der Waals surface area (Å²) in [6, 6.07) is 12.1. The summed E-state index contributed by atoms with van der Waals surface area (Å²) in [5.41, 5.74) is 2.04. The number of aromatic nitrogens is 1. The SMILES string of the molecule is CC(C)(C)[S@@](=O)N=Cc1cc2ccc(F)cc2nc1-c1cccc(F)c1. The van der Waals surface area contributed by atoms with Gasteiger partial charge in [-0.05, 0) is 51.1 Å². The maximum Gasteiger partial charge on any atom is 0.144 e. The van der Waals surface area contributed by atoms with Gasteiger partial charge in [0.2, 0.25) is 0 Å². The normalized spacial score (nSPS) is 13.4. The summed E-state index contributed by atoms with van der Waals surface area (Å²) in [7, 11) is -1.44. The largest absolute Gasteiger partial charge is 0.247 e. The van der Waals surface area contributed by atoms with Crippen molar-refractivity contribution in [1.29, 1.82) is 0 Å². The van der Waals surface area contributed by atoms with Crippen LogP contribution in [-0.4, -0.2) is 20.2 Å². The molecule has 3 aromatic rings. The van der Waals surface area contributed by atoms with E-state index in [9.17, 15) is 13.0 Å². The third-order valence-electron chi connectivity index (χ3n) is 3.72. The van der Waals surface area contributed by atoms with E-state index in [1.165, 1.54) is 30.5 Å².